The first-order chi connectivity index (χ1) is 9.08. The highest BCUT2D eigenvalue weighted by Gasteiger charge is 2.21. The Morgan fingerprint density at radius 1 is 1.32 bits per heavy atom. The molecule has 1 aromatic rings. The van der Waals surface area contributed by atoms with Crippen molar-refractivity contribution >= 4 is 21.6 Å². The Kier molecular flexibility index (Phi) is 5.28. The molecule has 2 rings (SSSR count). The van der Waals surface area contributed by atoms with Crippen molar-refractivity contribution in [2.75, 3.05) is 11.9 Å². The van der Waals surface area contributed by atoms with Crippen molar-refractivity contribution in [2.24, 2.45) is 0 Å². The molecule has 1 N–H and O–H groups in total. The van der Waals surface area contributed by atoms with Gasteiger partial charge in [0.1, 0.15) is 0 Å². The van der Waals surface area contributed by atoms with E-state index in [1.807, 2.05) is 0 Å². The quantitative estimate of drug-likeness (QED) is 0.867. The predicted octanol–water partition coefficient (Wildman–Crippen LogP) is 4.33. The van der Waals surface area contributed by atoms with Crippen molar-refractivity contribution in [1.82, 2.24) is 5.32 Å². The van der Waals surface area contributed by atoms with Gasteiger partial charge < -0.3 is 10.2 Å². The summed E-state index contributed by atoms with van der Waals surface area (Å²) in [7, 11) is 2.22. The zero-order valence-corrected chi connectivity index (χ0v) is 13.8. The standard InChI is InChI=1S/C16H25BrN2/c1-12(2)18-11-13-8-9-16(15(17)10-13)19(3)14-6-4-5-7-14/h8-10,12,14,18H,4-7,11H2,1-3H3. The molecule has 0 spiro atoms. The van der Waals surface area contributed by atoms with Crippen LogP contribution in [0.15, 0.2) is 22.7 Å². The highest BCUT2D eigenvalue weighted by Crippen LogP contribution is 2.32. The second kappa shape index (κ2) is 6.76. The molecule has 0 saturated heterocycles. The third-order valence-corrected chi connectivity index (χ3v) is 4.61. The Bertz CT molecular complexity index is 411. The number of halogens is 1. The number of benzene rings is 1. The molecule has 0 aromatic heterocycles. The van der Waals surface area contributed by atoms with Gasteiger partial charge in [0.15, 0.2) is 0 Å². The van der Waals surface area contributed by atoms with E-state index in [-0.39, 0.29) is 0 Å². The lowest BCUT2D eigenvalue weighted by Crippen LogP contribution is -2.29. The highest BCUT2D eigenvalue weighted by atomic mass is 79.9. The van der Waals surface area contributed by atoms with Crippen LogP contribution in [0.3, 0.4) is 0 Å². The molecule has 2 nitrogen and oxygen atoms in total. The molecule has 0 aliphatic heterocycles. The summed E-state index contributed by atoms with van der Waals surface area (Å²) in [5, 5.41) is 3.46. The summed E-state index contributed by atoms with van der Waals surface area (Å²) in [4.78, 5) is 2.44. The Morgan fingerprint density at radius 3 is 2.58 bits per heavy atom. The Balaban J connectivity index is 2.05. The maximum atomic E-state index is 3.73. The molecule has 1 aromatic carbocycles. The average Bonchev–Trinajstić information content (AvgIpc) is 2.89. The van der Waals surface area contributed by atoms with Crippen LogP contribution in [0.2, 0.25) is 0 Å². The van der Waals surface area contributed by atoms with Gasteiger partial charge in [-0.05, 0) is 46.5 Å². The van der Waals surface area contributed by atoms with Crippen LogP contribution in [-0.4, -0.2) is 19.1 Å². The monoisotopic (exact) mass is 324 g/mol. The van der Waals surface area contributed by atoms with E-state index in [0.717, 1.165) is 12.6 Å². The van der Waals surface area contributed by atoms with E-state index in [1.165, 1.54) is 41.4 Å². The Labute approximate surface area is 125 Å². The van der Waals surface area contributed by atoms with Gasteiger partial charge in [0, 0.05) is 30.1 Å². The number of rotatable bonds is 5. The fourth-order valence-electron chi connectivity index (χ4n) is 2.76. The summed E-state index contributed by atoms with van der Waals surface area (Å²) < 4.78 is 1.21. The zero-order valence-electron chi connectivity index (χ0n) is 12.2. The number of hydrogen-bond donors (Lipinski definition) is 1. The third kappa shape index (κ3) is 3.96. The molecule has 1 fully saturated rings. The smallest absolute Gasteiger partial charge is 0.0510 e. The van der Waals surface area contributed by atoms with Crippen molar-refractivity contribution < 1.29 is 0 Å². The first-order valence-corrected chi connectivity index (χ1v) is 8.12. The lowest BCUT2D eigenvalue weighted by Gasteiger charge is -2.28. The molecule has 1 saturated carbocycles. The summed E-state index contributed by atoms with van der Waals surface area (Å²) >= 11 is 3.73. The molecule has 1 aliphatic carbocycles. The van der Waals surface area contributed by atoms with Gasteiger partial charge in [0.2, 0.25) is 0 Å². The number of nitrogens with zero attached hydrogens (tertiary/aromatic N) is 1. The first kappa shape index (κ1) is 14.9. The zero-order chi connectivity index (χ0) is 13.8. The molecule has 0 radical (unpaired) electrons. The molecule has 0 heterocycles. The van der Waals surface area contributed by atoms with E-state index in [2.05, 4.69) is 65.2 Å². The van der Waals surface area contributed by atoms with Crippen molar-refractivity contribution in [3.63, 3.8) is 0 Å². The normalized spacial score (nSPS) is 16.3. The highest BCUT2D eigenvalue weighted by molar-refractivity contribution is 9.10. The molecule has 106 valence electrons. The average molecular weight is 325 g/mol. The fourth-order valence-corrected chi connectivity index (χ4v) is 3.46. The van der Waals surface area contributed by atoms with Gasteiger partial charge in [0.25, 0.3) is 0 Å². The van der Waals surface area contributed by atoms with Gasteiger partial charge >= 0.3 is 0 Å². The second-order valence-corrected chi connectivity index (χ2v) is 6.72. The van der Waals surface area contributed by atoms with Gasteiger partial charge in [-0.2, -0.15) is 0 Å². The van der Waals surface area contributed by atoms with Crippen molar-refractivity contribution in [3.05, 3.63) is 28.2 Å². The topological polar surface area (TPSA) is 15.3 Å². The number of hydrogen-bond acceptors (Lipinski definition) is 2. The van der Waals surface area contributed by atoms with Crippen LogP contribution in [0, 0.1) is 0 Å². The van der Waals surface area contributed by atoms with Crippen molar-refractivity contribution in [1.29, 1.82) is 0 Å². The van der Waals surface area contributed by atoms with Crippen LogP contribution in [0.25, 0.3) is 0 Å². The van der Waals surface area contributed by atoms with Crippen molar-refractivity contribution in [2.45, 2.75) is 58.2 Å². The van der Waals surface area contributed by atoms with E-state index in [1.54, 1.807) is 0 Å². The molecule has 0 amide bonds. The van der Waals surface area contributed by atoms with E-state index >= 15 is 0 Å². The van der Waals surface area contributed by atoms with Crippen LogP contribution in [-0.2, 0) is 6.54 Å². The van der Waals surface area contributed by atoms with Gasteiger partial charge in [-0.15, -0.1) is 0 Å². The minimum atomic E-state index is 0.527. The van der Waals surface area contributed by atoms with Crippen LogP contribution < -0.4 is 10.2 Å². The second-order valence-electron chi connectivity index (χ2n) is 5.87. The van der Waals surface area contributed by atoms with Gasteiger partial charge in [-0.25, -0.2) is 0 Å². The fraction of sp³-hybridized carbons (Fsp3) is 0.625. The molecule has 19 heavy (non-hydrogen) atoms. The van der Waals surface area contributed by atoms with Crippen LogP contribution >= 0.6 is 15.9 Å². The SMILES string of the molecule is CC(C)NCc1ccc(N(C)C2CCCC2)c(Br)c1. The lowest BCUT2D eigenvalue weighted by molar-refractivity contribution is 0.588. The maximum absolute atomic E-state index is 3.73. The van der Waals surface area contributed by atoms with Crippen molar-refractivity contribution in [3.8, 4) is 0 Å². The molecule has 0 unspecified atom stereocenters. The number of anilines is 1. The number of nitrogens with one attached hydrogen (secondary N) is 1. The maximum Gasteiger partial charge on any atom is 0.0510 e. The summed E-state index contributed by atoms with van der Waals surface area (Å²) in [6.45, 7) is 5.29. The minimum absolute atomic E-state index is 0.527. The van der Waals surface area contributed by atoms with Gasteiger partial charge in [-0.1, -0.05) is 32.8 Å². The predicted molar refractivity (Wildman–Crippen MR) is 86.8 cm³/mol. The van der Waals surface area contributed by atoms with E-state index < -0.39 is 0 Å². The van der Waals surface area contributed by atoms with Crippen LogP contribution in [0.1, 0.15) is 45.1 Å². The van der Waals surface area contributed by atoms with Crippen LogP contribution in [0.4, 0.5) is 5.69 Å². The summed E-state index contributed by atoms with van der Waals surface area (Å²) in [6, 6.07) is 7.98. The Hall–Kier alpha value is -0.540. The molecule has 0 bridgehead atoms. The third-order valence-electron chi connectivity index (χ3n) is 3.98. The molecular weight excluding hydrogens is 300 g/mol. The largest absolute Gasteiger partial charge is 0.371 e. The van der Waals surface area contributed by atoms with Gasteiger partial charge in [-0.3, -0.25) is 0 Å². The first-order valence-electron chi connectivity index (χ1n) is 7.32. The van der Waals surface area contributed by atoms with Gasteiger partial charge in [0.05, 0.1) is 5.69 Å². The lowest BCUT2D eigenvalue weighted by atomic mass is 10.1. The van der Waals surface area contributed by atoms with E-state index in [9.17, 15) is 0 Å². The summed E-state index contributed by atoms with van der Waals surface area (Å²) in [5.74, 6) is 0. The van der Waals surface area contributed by atoms with Crippen LogP contribution in [0.5, 0.6) is 0 Å². The molecule has 1 aliphatic rings. The molecular formula is C16H25BrN2. The van der Waals surface area contributed by atoms with E-state index in [0.29, 0.717) is 6.04 Å². The molecule has 0 atom stereocenters. The minimum Gasteiger partial charge on any atom is -0.371 e. The summed E-state index contributed by atoms with van der Waals surface area (Å²) in [5.41, 5.74) is 2.66. The Morgan fingerprint density at radius 2 is 2.00 bits per heavy atom. The molecule has 3 heteroatoms. The summed E-state index contributed by atoms with van der Waals surface area (Å²) in [6.07, 6.45) is 5.42. The van der Waals surface area contributed by atoms with E-state index in [4.69, 9.17) is 0 Å².